The van der Waals surface area contributed by atoms with Gasteiger partial charge in [-0.2, -0.15) is 0 Å². The summed E-state index contributed by atoms with van der Waals surface area (Å²) in [5.74, 6) is 0.276. The van der Waals surface area contributed by atoms with E-state index in [-0.39, 0.29) is 23.8 Å². The van der Waals surface area contributed by atoms with Gasteiger partial charge in [0.2, 0.25) is 5.91 Å². The summed E-state index contributed by atoms with van der Waals surface area (Å²) in [5.41, 5.74) is 2.03. The summed E-state index contributed by atoms with van der Waals surface area (Å²) in [6.45, 7) is 4.76. The molecule has 0 saturated carbocycles. The van der Waals surface area contributed by atoms with E-state index in [1.807, 2.05) is 64.9 Å². The fraction of sp³-hybridized carbons (Fsp3) is 0.280. The maximum Gasteiger partial charge on any atom is 0.254 e. The Kier molecular flexibility index (Phi) is 6.09. The van der Waals surface area contributed by atoms with E-state index < -0.39 is 5.92 Å². The molecule has 2 aromatic carbocycles. The van der Waals surface area contributed by atoms with Crippen molar-refractivity contribution in [3.8, 4) is 5.75 Å². The second kappa shape index (κ2) is 8.94. The summed E-state index contributed by atoms with van der Waals surface area (Å²) >= 11 is 1.58. The summed E-state index contributed by atoms with van der Waals surface area (Å²) in [5, 5.41) is 5.05. The third kappa shape index (κ3) is 4.21. The van der Waals surface area contributed by atoms with Gasteiger partial charge in [-0.3, -0.25) is 9.59 Å². The molecule has 1 aliphatic rings. The van der Waals surface area contributed by atoms with E-state index in [9.17, 15) is 9.59 Å². The van der Waals surface area contributed by atoms with Crippen LogP contribution in [0.5, 0.6) is 5.75 Å². The molecule has 0 radical (unpaired) electrons. The molecule has 4 rings (SSSR count). The summed E-state index contributed by atoms with van der Waals surface area (Å²) in [4.78, 5) is 30.0. The van der Waals surface area contributed by atoms with E-state index in [0.29, 0.717) is 23.5 Å². The Bertz CT molecular complexity index is 1080. The number of amides is 2. The first-order chi connectivity index (χ1) is 15.0. The van der Waals surface area contributed by atoms with Crippen molar-refractivity contribution in [2.75, 3.05) is 19.0 Å². The van der Waals surface area contributed by atoms with Crippen LogP contribution in [-0.2, 0) is 4.79 Å². The number of hydrogen-bond acceptors (Lipinski definition) is 4. The number of carbonyl (C=O) groups is 2. The fourth-order valence-electron chi connectivity index (χ4n) is 4.17. The van der Waals surface area contributed by atoms with Gasteiger partial charge >= 0.3 is 0 Å². The lowest BCUT2D eigenvalue weighted by Crippen LogP contribution is -2.47. The summed E-state index contributed by atoms with van der Waals surface area (Å²) in [6, 6.07) is 18.4. The number of anilines is 1. The van der Waals surface area contributed by atoms with E-state index in [1.165, 1.54) is 0 Å². The van der Waals surface area contributed by atoms with Gasteiger partial charge in [0.1, 0.15) is 5.75 Å². The SMILES string of the molecule is COc1cccc(NC(=O)C2c3ccccc3C(=O)N(CC(C)C)C2c2cccs2)c1. The van der Waals surface area contributed by atoms with Crippen LogP contribution < -0.4 is 10.1 Å². The molecular formula is C25H26N2O3S. The number of nitrogens with one attached hydrogen (secondary N) is 1. The van der Waals surface area contributed by atoms with E-state index in [0.717, 1.165) is 10.4 Å². The van der Waals surface area contributed by atoms with Crippen LogP contribution in [0.2, 0.25) is 0 Å². The number of hydrogen-bond donors (Lipinski definition) is 1. The van der Waals surface area contributed by atoms with Gasteiger partial charge in [0.05, 0.1) is 19.1 Å². The Labute approximate surface area is 186 Å². The molecule has 160 valence electrons. The van der Waals surface area contributed by atoms with Gasteiger partial charge in [-0.1, -0.05) is 44.2 Å². The van der Waals surface area contributed by atoms with E-state index in [4.69, 9.17) is 4.74 Å². The maximum absolute atomic E-state index is 13.7. The largest absolute Gasteiger partial charge is 0.497 e. The van der Waals surface area contributed by atoms with Gasteiger partial charge in [0.25, 0.3) is 5.91 Å². The predicted octanol–water partition coefficient (Wildman–Crippen LogP) is 5.33. The molecule has 2 heterocycles. The first kappa shape index (κ1) is 21.1. The Balaban J connectivity index is 1.80. The highest BCUT2D eigenvalue weighted by Crippen LogP contribution is 2.45. The molecule has 0 bridgehead atoms. The second-order valence-corrected chi connectivity index (χ2v) is 9.08. The minimum Gasteiger partial charge on any atom is -0.497 e. The number of rotatable bonds is 6. The molecule has 1 aromatic heterocycles. The van der Waals surface area contributed by atoms with Crippen molar-refractivity contribution in [2.24, 2.45) is 5.92 Å². The number of nitrogens with zero attached hydrogens (tertiary/aromatic N) is 1. The van der Waals surface area contributed by atoms with Gasteiger partial charge < -0.3 is 15.0 Å². The zero-order valence-corrected chi connectivity index (χ0v) is 18.7. The highest BCUT2D eigenvalue weighted by atomic mass is 32.1. The topological polar surface area (TPSA) is 58.6 Å². The van der Waals surface area contributed by atoms with E-state index >= 15 is 0 Å². The van der Waals surface area contributed by atoms with Gasteiger partial charge in [-0.15, -0.1) is 11.3 Å². The quantitative estimate of drug-likeness (QED) is 0.570. The first-order valence-corrected chi connectivity index (χ1v) is 11.3. The van der Waals surface area contributed by atoms with E-state index in [1.54, 1.807) is 24.5 Å². The molecule has 0 saturated heterocycles. The van der Waals surface area contributed by atoms with Crippen molar-refractivity contribution >= 4 is 28.8 Å². The molecule has 1 N–H and O–H groups in total. The third-order valence-corrected chi connectivity index (χ3v) is 6.40. The lowest BCUT2D eigenvalue weighted by molar-refractivity contribution is -0.119. The van der Waals surface area contributed by atoms with Crippen LogP contribution in [0.1, 0.15) is 46.6 Å². The van der Waals surface area contributed by atoms with Crippen LogP contribution in [0.15, 0.2) is 66.0 Å². The lowest BCUT2D eigenvalue weighted by atomic mass is 9.81. The summed E-state index contributed by atoms with van der Waals surface area (Å²) < 4.78 is 5.29. The molecule has 0 fully saturated rings. The van der Waals surface area contributed by atoms with Crippen LogP contribution in [0.4, 0.5) is 5.69 Å². The van der Waals surface area contributed by atoms with Crippen LogP contribution in [0.25, 0.3) is 0 Å². The molecule has 6 heteroatoms. The first-order valence-electron chi connectivity index (χ1n) is 10.4. The Morgan fingerprint density at radius 1 is 1.13 bits per heavy atom. The van der Waals surface area contributed by atoms with E-state index in [2.05, 4.69) is 19.2 Å². The second-order valence-electron chi connectivity index (χ2n) is 8.10. The number of ether oxygens (including phenoxy) is 1. The van der Waals surface area contributed by atoms with Crippen molar-refractivity contribution in [1.82, 2.24) is 4.90 Å². The van der Waals surface area contributed by atoms with Crippen molar-refractivity contribution in [3.05, 3.63) is 82.0 Å². The van der Waals surface area contributed by atoms with Gasteiger partial charge in [-0.05, 0) is 41.1 Å². The molecule has 5 nitrogen and oxygen atoms in total. The number of thiophene rings is 1. The molecule has 2 amide bonds. The zero-order chi connectivity index (χ0) is 22.0. The Morgan fingerprint density at radius 2 is 1.94 bits per heavy atom. The van der Waals surface area contributed by atoms with Crippen molar-refractivity contribution in [3.63, 3.8) is 0 Å². The van der Waals surface area contributed by atoms with Crippen LogP contribution in [0, 0.1) is 5.92 Å². The van der Waals surface area contributed by atoms with Gasteiger partial charge in [0, 0.05) is 28.7 Å². The highest BCUT2D eigenvalue weighted by molar-refractivity contribution is 7.10. The predicted molar refractivity (Wildman–Crippen MR) is 124 cm³/mol. The minimum absolute atomic E-state index is 0.0202. The van der Waals surface area contributed by atoms with Crippen LogP contribution in [0.3, 0.4) is 0 Å². The Hall–Kier alpha value is -3.12. The minimum atomic E-state index is -0.516. The number of methoxy groups -OCH3 is 1. The van der Waals surface area contributed by atoms with Crippen molar-refractivity contribution < 1.29 is 14.3 Å². The average molecular weight is 435 g/mol. The molecule has 2 atom stereocenters. The molecule has 2 unspecified atom stereocenters. The summed E-state index contributed by atoms with van der Waals surface area (Å²) in [7, 11) is 1.60. The molecular weight excluding hydrogens is 408 g/mol. The highest BCUT2D eigenvalue weighted by Gasteiger charge is 2.44. The Morgan fingerprint density at radius 3 is 2.65 bits per heavy atom. The maximum atomic E-state index is 13.7. The molecule has 3 aromatic rings. The fourth-order valence-corrected chi connectivity index (χ4v) is 5.04. The average Bonchev–Trinajstić information content (AvgIpc) is 3.29. The smallest absolute Gasteiger partial charge is 0.254 e. The molecule has 0 spiro atoms. The summed E-state index contributed by atoms with van der Waals surface area (Å²) in [6.07, 6.45) is 0. The number of fused-ring (bicyclic) bond motifs is 1. The monoisotopic (exact) mass is 434 g/mol. The van der Waals surface area contributed by atoms with Crippen LogP contribution in [-0.4, -0.2) is 30.4 Å². The lowest BCUT2D eigenvalue weighted by Gasteiger charge is -2.42. The molecule has 31 heavy (non-hydrogen) atoms. The van der Waals surface area contributed by atoms with Gasteiger partial charge in [0.15, 0.2) is 0 Å². The molecule has 1 aliphatic heterocycles. The number of carbonyl (C=O) groups excluding carboxylic acids is 2. The molecule has 0 aliphatic carbocycles. The van der Waals surface area contributed by atoms with Crippen LogP contribution >= 0.6 is 11.3 Å². The van der Waals surface area contributed by atoms with Gasteiger partial charge in [-0.25, -0.2) is 0 Å². The number of benzene rings is 2. The standard InChI is InChI=1S/C25H26N2O3S/c1-16(2)15-27-23(21-12-7-13-31-21)22(19-10-4-5-11-20(19)25(27)29)24(28)26-17-8-6-9-18(14-17)30-3/h4-14,16,22-23H,15H2,1-3H3,(H,26,28). The third-order valence-electron chi connectivity index (χ3n) is 5.45. The van der Waals surface area contributed by atoms with Crippen molar-refractivity contribution in [2.45, 2.75) is 25.8 Å². The normalized spacial score (nSPS) is 18.1. The van der Waals surface area contributed by atoms with Crippen molar-refractivity contribution in [1.29, 1.82) is 0 Å². The zero-order valence-electron chi connectivity index (χ0n) is 17.9.